The Morgan fingerprint density at radius 2 is 1.00 bits per heavy atom. The molecule has 0 radical (unpaired) electrons. The van der Waals surface area contributed by atoms with E-state index >= 15 is 0 Å². The first-order valence-electron chi connectivity index (χ1n) is 16.5. The maximum Gasteiger partial charge on any atom is 0.264 e. The number of nitrogens with zero attached hydrogens (tertiary/aromatic N) is 4. The number of sulfonamides is 2. The largest absolute Gasteiger partial charge is 0.497 e. The van der Waals surface area contributed by atoms with Crippen LogP contribution < -0.4 is 18.9 Å². The van der Waals surface area contributed by atoms with Crippen molar-refractivity contribution in [1.29, 1.82) is 0 Å². The predicted octanol–water partition coefficient (Wildman–Crippen LogP) is 4.57. The molecule has 14 nitrogen and oxygen atoms in total. The molecule has 2 heterocycles. The van der Waals surface area contributed by atoms with Crippen LogP contribution in [0.4, 0.5) is 0 Å². The smallest absolute Gasteiger partial charge is 0.264 e. The van der Waals surface area contributed by atoms with Gasteiger partial charge in [-0.25, -0.2) is 35.6 Å². The molecule has 4 aromatic carbocycles. The fourth-order valence-corrected chi connectivity index (χ4v) is 8.02. The normalized spacial score (nSPS) is 12.7. The summed E-state index contributed by atoms with van der Waals surface area (Å²) in [6, 6.07) is 31.4. The second kappa shape index (κ2) is 15.4. The van der Waals surface area contributed by atoms with Gasteiger partial charge in [-0.15, -0.1) is 0 Å². The van der Waals surface area contributed by atoms with Crippen molar-refractivity contribution in [3.63, 3.8) is 0 Å². The van der Waals surface area contributed by atoms with Gasteiger partial charge >= 0.3 is 0 Å². The summed E-state index contributed by atoms with van der Waals surface area (Å²) in [5.41, 5.74) is 2.04. The molecule has 0 bridgehead atoms. The van der Waals surface area contributed by atoms with Crippen molar-refractivity contribution in [3.05, 3.63) is 144 Å². The number of aryl methyl sites for hydroxylation is 2. The van der Waals surface area contributed by atoms with E-state index < -0.39 is 43.7 Å². The molecular formula is C38H36N6O8S2. The van der Waals surface area contributed by atoms with Crippen LogP contribution in [0.1, 0.15) is 34.6 Å². The van der Waals surface area contributed by atoms with Crippen LogP contribution >= 0.6 is 0 Å². The Kier molecular flexibility index (Phi) is 10.7. The molecule has 2 amide bonds. The average molecular weight is 769 g/mol. The number of carbonyl (C=O) groups is 2. The Hall–Kier alpha value is -6.26. The molecule has 6 aromatic rings. The van der Waals surface area contributed by atoms with Crippen LogP contribution in [0.15, 0.2) is 131 Å². The molecule has 2 aromatic heterocycles. The topological polar surface area (TPSA) is 181 Å². The van der Waals surface area contributed by atoms with Crippen molar-refractivity contribution in [2.75, 3.05) is 14.2 Å². The highest BCUT2D eigenvalue weighted by Gasteiger charge is 2.44. The molecule has 2 atom stereocenters. The number of benzene rings is 4. The number of nitrogens with one attached hydrogen (secondary N) is 2. The summed E-state index contributed by atoms with van der Waals surface area (Å²) in [6.45, 7) is 3.35. The van der Waals surface area contributed by atoms with Crippen LogP contribution in [0.3, 0.4) is 0 Å². The molecule has 0 fully saturated rings. The van der Waals surface area contributed by atoms with Gasteiger partial charge in [0.2, 0.25) is 11.8 Å². The minimum atomic E-state index is -4.59. The zero-order chi connectivity index (χ0) is 38.6. The summed E-state index contributed by atoms with van der Waals surface area (Å²) in [6.07, 6.45) is 0. The minimum Gasteiger partial charge on any atom is -0.497 e. The van der Waals surface area contributed by atoms with E-state index in [2.05, 4.69) is 19.6 Å². The minimum absolute atomic E-state index is 0.0949. The third-order valence-corrected chi connectivity index (χ3v) is 11.2. The molecule has 2 N–H and O–H groups in total. The van der Waals surface area contributed by atoms with E-state index in [1.807, 2.05) is 0 Å². The van der Waals surface area contributed by atoms with Crippen LogP contribution in [0.5, 0.6) is 11.5 Å². The Bertz CT molecular complexity index is 2520. The highest BCUT2D eigenvalue weighted by Crippen LogP contribution is 2.38. The van der Waals surface area contributed by atoms with E-state index in [9.17, 15) is 26.4 Å². The standard InChI is InChI=1S/C38H36N6O8S2/c1-25-22-33(43(39-25)27-12-7-5-8-13-27)35(37(45)41-53(47,48)31-20-18-29(51-3)19-21-31)36(34-23-26(2)40-44(34)28-14-9-6-10-15-28)38(46)42-54(49,50)32-17-11-16-30(24-32)52-4/h5-24,35-36H,1-4H3,(H,41,45)(H,42,46). The van der Waals surface area contributed by atoms with E-state index in [0.717, 1.165) is 0 Å². The third-order valence-electron chi connectivity index (χ3n) is 8.45. The van der Waals surface area contributed by atoms with Gasteiger partial charge in [-0.2, -0.15) is 10.2 Å². The molecule has 0 spiro atoms. The lowest BCUT2D eigenvalue weighted by Gasteiger charge is -2.27. The number of methoxy groups -OCH3 is 2. The fraction of sp³-hybridized carbons (Fsp3) is 0.158. The second-order valence-electron chi connectivity index (χ2n) is 12.2. The molecule has 6 rings (SSSR count). The highest BCUT2D eigenvalue weighted by molar-refractivity contribution is 7.90. The van der Waals surface area contributed by atoms with Crippen LogP contribution in [0, 0.1) is 13.8 Å². The first-order valence-corrected chi connectivity index (χ1v) is 19.4. The maximum atomic E-state index is 14.8. The second-order valence-corrected chi connectivity index (χ2v) is 15.5. The Morgan fingerprint density at radius 1 is 0.556 bits per heavy atom. The van der Waals surface area contributed by atoms with Gasteiger partial charge in [0.15, 0.2) is 0 Å². The number of para-hydroxylation sites is 2. The summed E-state index contributed by atoms with van der Waals surface area (Å²) < 4.78 is 72.9. The van der Waals surface area contributed by atoms with E-state index in [1.54, 1.807) is 92.7 Å². The number of hydrogen-bond acceptors (Lipinski definition) is 10. The van der Waals surface area contributed by atoms with E-state index in [1.165, 1.54) is 66.0 Å². The van der Waals surface area contributed by atoms with Crippen molar-refractivity contribution in [2.24, 2.45) is 0 Å². The summed E-state index contributed by atoms with van der Waals surface area (Å²) in [4.78, 5) is 29.1. The van der Waals surface area contributed by atoms with Gasteiger partial charge in [0.05, 0.1) is 70.0 Å². The summed E-state index contributed by atoms with van der Waals surface area (Å²) in [5.74, 6) is -5.12. The highest BCUT2D eigenvalue weighted by atomic mass is 32.2. The number of carbonyl (C=O) groups excluding carboxylic acids is 2. The molecule has 0 saturated carbocycles. The zero-order valence-electron chi connectivity index (χ0n) is 29.6. The van der Waals surface area contributed by atoms with Gasteiger partial charge in [-0.1, -0.05) is 42.5 Å². The van der Waals surface area contributed by atoms with Gasteiger partial charge in [0.25, 0.3) is 20.0 Å². The average Bonchev–Trinajstić information content (AvgIpc) is 3.75. The number of aromatic nitrogens is 4. The predicted molar refractivity (Wildman–Crippen MR) is 199 cm³/mol. The maximum absolute atomic E-state index is 14.8. The molecule has 0 aliphatic rings. The van der Waals surface area contributed by atoms with Gasteiger partial charge in [-0.3, -0.25) is 9.59 Å². The molecule has 0 aliphatic carbocycles. The van der Waals surface area contributed by atoms with Gasteiger partial charge in [-0.05, 0) is 86.6 Å². The van der Waals surface area contributed by atoms with Crippen molar-refractivity contribution in [2.45, 2.75) is 35.5 Å². The first-order chi connectivity index (χ1) is 25.8. The van der Waals surface area contributed by atoms with E-state index in [4.69, 9.17) is 9.47 Å². The molecule has 54 heavy (non-hydrogen) atoms. The third kappa shape index (κ3) is 7.89. The summed E-state index contributed by atoms with van der Waals surface area (Å²) in [5, 5.41) is 9.22. The number of ether oxygens (including phenoxy) is 2. The lowest BCUT2D eigenvalue weighted by atomic mass is 9.84. The summed E-state index contributed by atoms with van der Waals surface area (Å²) >= 11 is 0. The van der Waals surface area contributed by atoms with Crippen LogP contribution in [0.2, 0.25) is 0 Å². The van der Waals surface area contributed by atoms with Crippen molar-refractivity contribution in [3.8, 4) is 22.9 Å². The Morgan fingerprint density at radius 3 is 1.44 bits per heavy atom. The number of rotatable bonds is 13. The monoisotopic (exact) mass is 768 g/mol. The van der Waals surface area contributed by atoms with Crippen molar-refractivity contribution in [1.82, 2.24) is 29.0 Å². The number of amides is 2. The summed E-state index contributed by atoms with van der Waals surface area (Å²) in [7, 11) is -6.36. The SMILES string of the molecule is COc1ccc(S(=O)(=O)NC(=O)C(c2cc(C)nn2-c2ccccc2)C(C(=O)NS(=O)(=O)c2cccc(OC)c2)c2cc(C)nn2-c2ccccc2)cc1. The lowest BCUT2D eigenvalue weighted by Crippen LogP contribution is -2.44. The van der Waals surface area contributed by atoms with E-state index in [0.29, 0.717) is 28.5 Å². The van der Waals surface area contributed by atoms with E-state index in [-0.39, 0.29) is 26.9 Å². The van der Waals surface area contributed by atoms with Gasteiger partial charge in [0.1, 0.15) is 11.5 Å². The van der Waals surface area contributed by atoms with Crippen LogP contribution in [-0.2, 0) is 29.6 Å². The molecular weight excluding hydrogens is 733 g/mol. The fourth-order valence-electron chi connectivity index (χ4n) is 5.98. The van der Waals surface area contributed by atoms with Gasteiger partial charge < -0.3 is 9.47 Å². The Balaban J connectivity index is 1.58. The first kappa shape index (κ1) is 37.5. The van der Waals surface area contributed by atoms with Gasteiger partial charge in [0, 0.05) is 6.07 Å². The van der Waals surface area contributed by atoms with Crippen LogP contribution in [-0.4, -0.2) is 62.4 Å². The van der Waals surface area contributed by atoms with Crippen molar-refractivity contribution >= 4 is 31.9 Å². The molecule has 278 valence electrons. The Labute approximate surface area is 312 Å². The number of hydrogen-bond donors (Lipinski definition) is 2. The molecule has 0 saturated heterocycles. The zero-order valence-corrected chi connectivity index (χ0v) is 31.2. The molecule has 2 unspecified atom stereocenters. The molecule has 16 heteroatoms. The van der Waals surface area contributed by atoms with Crippen molar-refractivity contribution < 1.29 is 35.9 Å². The van der Waals surface area contributed by atoms with Crippen LogP contribution in [0.25, 0.3) is 11.4 Å². The quantitative estimate of drug-likeness (QED) is 0.169. The molecule has 0 aliphatic heterocycles. The lowest BCUT2D eigenvalue weighted by molar-refractivity contribution is -0.127.